The van der Waals surface area contributed by atoms with E-state index in [1.807, 2.05) is 6.92 Å². The molecule has 0 spiro atoms. The SMILES string of the molecule is Cc1cc(C(C)NC2CCCCC2C(C)(C)C)c(C)o1. The minimum Gasteiger partial charge on any atom is -0.466 e. The summed E-state index contributed by atoms with van der Waals surface area (Å²) in [6.07, 6.45) is 5.41. The minimum atomic E-state index is 0.375. The molecule has 1 aromatic heterocycles. The molecule has 1 heterocycles. The van der Waals surface area contributed by atoms with Crippen molar-refractivity contribution in [3.63, 3.8) is 0 Å². The van der Waals surface area contributed by atoms with Gasteiger partial charge in [-0.25, -0.2) is 0 Å². The number of furan rings is 1. The molecule has 1 aliphatic rings. The lowest BCUT2D eigenvalue weighted by atomic mass is 9.69. The molecule has 2 nitrogen and oxygen atoms in total. The molecule has 0 amide bonds. The average molecular weight is 277 g/mol. The fourth-order valence-electron chi connectivity index (χ4n) is 3.86. The lowest BCUT2D eigenvalue weighted by Crippen LogP contribution is -2.45. The molecule has 20 heavy (non-hydrogen) atoms. The largest absolute Gasteiger partial charge is 0.466 e. The van der Waals surface area contributed by atoms with Gasteiger partial charge < -0.3 is 9.73 Å². The monoisotopic (exact) mass is 277 g/mol. The van der Waals surface area contributed by atoms with Crippen LogP contribution in [0.15, 0.2) is 10.5 Å². The van der Waals surface area contributed by atoms with Crippen molar-refractivity contribution < 1.29 is 4.42 Å². The zero-order valence-electron chi connectivity index (χ0n) is 14.0. The average Bonchev–Trinajstić information content (AvgIpc) is 2.68. The second-order valence-electron chi connectivity index (χ2n) is 7.62. The first-order chi connectivity index (χ1) is 9.29. The van der Waals surface area contributed by atoms with Crippen molar-refractivity contribution in [1.29, 1.82) is 0 Å². The maximum Gasteiger partial charge on any atom is 0.105 e. The summed E-state index contributed by atoms with van der Waals surface area (Å²) in [4.78, 5) is 0. The summed E-state index contributed by atoms with van der Waals surface area (Å²) in [5.74, 6) is 2.85. The fraction of sp³-hybridized carbons (Fsp3) is 0.778. The fourth-order valence-corrected chi connectivity index (χ4v) is 3.86. The Balaban J connectivity index is 2.09. The van der Waals surface area contributed by atoms with E-state index in [9.17, 15) is 0 Å². The quantitative estimate of drug-likeness (QED) is 0.826. The Morgan fingerprint density at radius 1 is 1.20 bits per heavy atom. The van der Waals surface area contributed by atoms with Crippen LogP contribution in [0.5, 0.6) is 0 Å². The van der Waals surface area contributed by atoms with Gasteiger partial charge in [0.15, 0.2) is 0 Å². The number of rotatable bonds is 3. The second kappa shape index (κ2) is 5.93. The highest BCUT2D eigenvalue weighted by Crippen LogP contribution is 2.39. The highest BCUT2D eigenvalue weighted by Gasteiger charge is 2.34. The van der Waals surface area contributed by atoms with E-state index >= 15 is 0 Å². The first-order valence-electron chi connectivity index (χ1n) is 8.12. The van der Waals surface area contributed by atoms with Gasteiger partial charge in [-0.2, -0.15) is 0 Å². The van der Waals surface area contributed by atoms with Crippen LogP contribution >= 0.6 is 0 Å². The number of hydrogen-bond acceptors (Lipinski definition) is 2. The van der Waals surface area contributed by atoms with Crippen molar-refractivity contribution in [1.82, 2.24) is 5.32 Å². The lowest BCUT2D eigenvalue weighted by Gasteiger charge is -2.42. The summed E-state index contributed by atoms with van der Waals surface area (Å²) >= 11 is 0. The molecule has 1 saturated carbocycles. The Labute approximate surface area is 124 Å². The second-order valence-corrected chi connectivity index (χ2v) is 7.62. The zero-order valence-corrected chi connectivity index (χ0v) is 14.0. The number of hydrogen-bond donors (Lipinski definition) is 1. The smallest absolute Gasteiger partial charge is 0.105 e. The van der Waals surface area contributed by atoms with E-state index in [-0.39, 0.29) is 0 Å². The molecule has 0 saturated heterocycles. The third-order valence-corrected chi connectivity index (χ3v) is 4.89. The summed E-state index contributed by atoms with van der Waals surface area (Å²) in [5.41, 5.74) is 1.71. The van der Waals surface area contributed by atoms with Gasteiger partial charge in [-0.15, -0.1) is 0 Å². The first-order valence-corrected chi connectivity index (χ1v) is 8.12. The molecule has 3 unspecified atom stereocenters. The van der Waals surface area contributed by atoms with Crippen LogP contribution in [0.25, 0.3) is 0 Å². The van der Waals surface area contributed by atoms with Gasteiger partial charge in [0.25, 0.3) is 0 Å². The third-order valence-electron chi connectivity index (χ3n) is 4.89. The Morgan fingerprint density at radius 3 is 2.40 bits per heavy atom. The third kappa shape index (κ3) is 3.46. The summed E-state index contributed by atoms with van der Waals surface area (Å²) in [6, 6.07) is 3.19. The molecule has 114 valence electrons. The van der Waals surface area contributed by atoms with E-state index in [1.54, 1.807) is 0 Å². The Kier molecular flexibility index (Phi) is 4.63. The predicted molar refractivity (Wildman–Crippen MR) is 84.9 cm³/mol. The summed E-state index contributed by atoms with van der Waals surface area (Å²) in [7, 11) is 0. The highest BCUT2D eigenvalue weighted by atomic mass is 16.3. The van der Waals surface area contributed by atoms with E-state index in [1.165, 1.54) is 31.2 Å². The number of aryl methyl sites for hydroxylation is 2. The standard InChI is InChI=1S/C18H31NO/c1-12-11-15(14(3)20-12)13(2)19-17-10-8-7-9-16(17)18(4,5)6/h11,13,16-17,19H,7-10H2,1-6H3. The lowest BCUT2D eigenvalue weighted by molar-refractivity contribution is 0.124. The van der Waals surface area contributed by atoms with Crippen LogP contribution in [-0.4, -0.2) is 6.04 Å². The summed E-state index contributed by atoms with van der Waals surface area (Å²) in [5, 5.41) is 3.89. The van der Waals surface area contributed by atoms with Crippen molar-refractivity contribution in [2.45, 2.75) is 79.3 Å². The van der Waals surface area contributed by atoms with Crippen LogP contribution in [0.2, 0.25) is 0 Å². The van der Waals surface area contributed by atoms with Crippen LogP contribution in [-0.2, 0) is 0 Å². The minimum absolute atomic E-state index is 0.375. The van der Waals surface area contributed by atoms with Crippen molar-refractivity contribution in [3.05, 3.63) is 23.2 Å². The van der Waals surface area contributed by atoms with Crippen LogP contribution < -0.4 is 5.32 Å². The first kappa shape index (κ1) is 15.6. The van der Waals surface area contributed by atoms with Gasteiger partial charge in [0, 0.05) is 17.6 Å². The van der Waals surface area contributed by atoms with E-state index < -0.39 is 0 Å². The zero-order chi connectivity index (χ0) is 14.9. The maximum absolute atomic E-state index is 5.68. The van der Waals surface area contributed by atoms with Gasteiger partial charge in [0.1, 0.15) is 11.5 Å². The molecule has 0 aromatic carbocycles. The van der Waals surface area contributed by atoms with Crippen LogP contribution in [0.3, 0.4) is 0 Å². The van der Waals surface area contributed by atoms with Crippen LogP contribution in [0.1, 0.15) is 76.5 Å². The van der Waals surface area contributed by atoms with Gasteiger partial charge in [-0.05, 0) is 51.0 Å². The van der Waals surface area contributed by atoms with Gasteiger partial charge in [-0.1, -0.05) is 33.6 Å². The Bertz CT molecular complexity index is 441. The predicted octanol–water partition coefficient (Wildman–Crippen LogP) is 5.15. The summed E-state index contributed by atoms with van der Waals surface area (Å²) in [6.45, 7) is 13.5. The Morgan fingerprint density at radius 2 is 1.85 bits per heavy atom. The topological polar surface area (TPSA) is 25.2 Å². The van der Waals surface area contributed by atoms with Gasteiger partial charge in [0.2, 0.25) is 0 Å². The van der Waals surface area contributed by atoms with E-state index in [4.69, 9.17) is 4.42 Å². The Hall–Kier alpha value is -0.760. The van der Waals surface area contributed by atoms with E-state index in [2.05, 4.69) is 46.0 Å². The van der Waals surface area contributed by atoms with Gasteiger partial charge in [0.05, 0.1) is 0 Å². The molecular weight excluding hydrogens is 246 g/mol. The molecule has 0 aliphatic heterocycles. The normalized spacial score (nSPS) is 25.7. The molecular formula is C18H31NO. The molecule has 1 N–H and O–H groups in total. The molecule has 1 fully saturated rings. The highest BCUT2D eigenvalue weighted by molar-refractivity contribution is 5.23. The molecule has 0 radical (unpaired) electrons. The van der Waals surface area contributed by atoms with Crippen molar-refractivity contribution in [2.24, 2.45) is 11.3 Å². The molecule has 3 atom stereocenters. The molecule has 1 aromatic rings. The van der Waals surface area contributed by atoms with Crippen molar-refractivity contribution >= 4 is 0 Å². The van der Waals surface area contributed by atoms with Crippen molar-refractivity contribution in [2.75, 3.05) is 0 Å². The summed E-state index contributed by atoms with van der Waals surface area (Å²) < 4.78 is 5.68. The van der Waals surface area contributed by atoms with E-state index in [0.29, 0.717) is 17.5 Å². The molecule has 0 bridgehead atoms. The van der Waals surface area contributed by atoms with E-state index in [0.717, 1.165) is 17.4 Å². The molecule has 2 heteroatoms. The van der Waals surface area contributed by atoms with Crippen LogP contribution in [0.4, 0.5) is 0 Å². The van der Waals surface area contributed by atoms with Crippen molar-refractivity contribution in [3.8, 4) is 0 Å². The van der Waals surface area contributed by atoms with Gasteiger partial charge in [-0.3, -0.25) is 0 Å². The molecule has 2 rings (SSSR count). The maximum atomic E-state index is 5.68. The van der Waals surface area contributed by atoms with Gasteiger partial charge >= 0.3 is 0 Å². The molecule has 1 aliphatic carbocycles. The van der Waals surface area contributed by atoms with Crippen LogP contribution in [0, 0.1) is 25.2 Å². The number of nitrogens with one attached hydrogen (secondary N) is 1.